The summed E-state index contributed by atoms with van der Waals surface area (Å²) < 4.78 is 14.6. The lowest BCUT2D eigenvalue weighted by molar-refractivity contribution is -0.384. The van der Waals surface area contributed by atoms with Crippen molar-refractivity contribution in [2.75, 3.05) is 12.0 Å². The minimum atomic E-state index is -0.425. The molecule has 3 aromatic carbocycles. The van der Waals surface area contributed by atoms with Crippen LogP contribution < -0.4 is 14.9 Å². The number of benzene rings is 3. The molecule has 0 aliphatic rings. The van der Waals surface area contributed by atoms with Gasteiger partial charge in [-0.15, -0.1) is 0 Å². The average Bonchev–Trinajstić information content (AvgIpc) is 3.14. The van der Waals surface area contributed by atoms with Gasteiger partial charge in [0, 0.05) is 19.2 Å². The summed E-state index contributed by atoms with van der Waals surface area (Å²) in [7, 11) is 1.93. The first-order chi connectivity index (χ1) is 16.5. The number of nitro benzene ring substituents is 1. The standard InChI is InChI=1S/C24H22IN5O4/c1-3-33-22-13-17(14-26-28-24-27-20-6-4-5-7-21(20)29(24)2)12-19(25)23(22)34-15-16-8-10-18(11-9-16)30(31)32/h4-14H,3,15H2,1-2H3,(H,27,28)/b26-14-. The van der Waals surface area contributed by atoms with Gasteiger partial charge in [-0.1, -0.05) is 12.1 Å². The Morgan fingerprint density at radius 2 is 1.94 bits per heavy atom. The van der Waals surface area contributed by atoms with Crippen molar-refractivity contribution >= 4 is 51.5 Å². The van der Waals surface area contributed by atoms with Gasteiger partial charge in [-0.25, -0.2) is 10.4 Å². The summed E-state index contributed by atoms with van der Waals surface area (Å²) in [6, 6.07) is 18.0. The van der Waals surface area contributed by atoms with Gasteiger partial charge in [0.2, 0.25) is 5.95 Å². The van der Waals surface area contributed by atoms with E-state index in [1.54, 1.807) is 18.3 Å². The molecule has 0 bridgehead atoms. The number of nitrogens with one attached hydrogen (secondary N) is 1. The number of ether oxygens (including phenoxy) is 2. The van der Waals surface area contributed by atoms with Crippen LogP contribution in [-0.4, -0.2) is 27.3 Å². The maximum absolute atomic E-state index is 10.8. The fraction of sp³-hybridized carbons (Fsp3) is 0.167. The van der Waals surface area contributed by atoms with E-state index in [9.17, 15) is 10.1 Å². The van der Waals surface area contributed by atoms with Crippen molar-refractivity contribution in [1.82, 2.24) is 9.55 Å². The molecule has 10 heteroatoms. The number of para-hydroxylation sites is 2. The van der Waals surface area contributed by atoms with E-state index in [1.807, 2.05) is 54.9 Å². The van der Waals surface area contributed by atoms with Crippen LogP contribution in [-0.2, 0) is 13.7 Å². The molecule has 34 heavy (non-hydrogen) atoms. The summed E-state index contributed by atoms with van der Waals surface area (Å²) >= 11 is 2.19. The number of non-ortho nitro benzene ring substituents is 1. The van der Waals surface area contributed by atoms with Crippen LogP contribution in [0.1, 0.15) is 18.1 Å². The van der Waals surface area contributed by atoms with Gasteiger partial charge in [0.15, 0.2) is 11.5 Å². The molecule has 0 saturated carbocycles. The van der Waals surface area contributed by atoms with Crippen LogP contribution in [0.4, 0.5) is 11.6 Å². The van der Waals surface area contributed by atoms with E-state index in [1.165, 1.54) is 12.1 Å². The van der Waals surface area contributed by atoms with E-state index in [-0.39, 0.29) is 12.3 Å². The molecule has 0 fully saturated rings. The third-order valence-electron chi connectivity index (χ3n) is 5.03. The number of hydrazone groups is 1. The summed E-state index contributed by atoms with van der Waals surface area (Å²) in [5.74, 6) is 1.85. The molecule has 0 radical (unpaired) electrons. The third kappa shape index (κ3) is 5.28. The highest BCUT2D eigenvalue weighted by Gasteiger charge is 2.13. The van der Waals surface area contributed by atoms with Gasteiger partial charge >= 0.3 is 0 Å². The van der Waals surface area contributed by atoms with Gasteiger partial charge in [0.25, 0.3) is 5.69 Å². The lowest BCUT2D eigenvalue weighted by Gasteiger charge is -2.14. The minimum absolute atomic E-state index is 0.0456. The van der Waals surface area contributed by atoms with Crippen LogP contribution in [0, 0.1) is 13.7 Å². The summed E-state index contributed by atoms with van der Waals surface area (Å²) in [5, 5.41) is 15.2. The van der Waals surface area contributed by atoms with Crippen molar-refractivity contribution in [3.8, 4) is 11.5 Å². The number of nitrogens with zero attached hydrogens (tertiary/aromatic N) is 4. The Labute approximate surface area is 209 Å². The maximum Gasteiger partial charge on any atom is 0.269 e. The van der Waals surface area contributed by atoms with Crippen molar-refractivity contribution in [1.29, 1.82) is 0 Å². The number of rotatable bonds is 9. The van der Waals surface area contributed by atoms with Crippen molar-refractivity contribution in [3.63, 3.8) is 0 Å². The number of aryl methyl sites for hydroxylation is 1. The van der Waals surface area contributed by atoms with Crippen LogP contribution in [0.5, 0.6) is 11.5 Å². The highest BCUT2D eigenvalue weighted by atomic mass is 127. The molecule has 1 aromatic heterocycles. The molecular formula is C24H22IN5O4. The predicted molar refractivity (Wildman–Crippen MR) is 140 cm³/mol. The number of anilines is 1. The largest absolute Gasteiger partial charge is 0.490 e. The Morgan fingerprint density at radius 1 is 1.18 bits per heavy atom. The van der Waals surface area contributed by atoms with Gasteiger partial charge in [-0.2, -0.15) is 5.10 Å². The molecule has 4 rings (SSSR count). The number of halogens is 1. The van der Waals surface area contributed by atoms with Gasteiger partial charge in [-0.05, 0) is 77.0 Å². The lowest BCUT2D eigenvalue weighted by Crippen LogP contribution is -2.03. The Bertz CT molecular complexity index is 1350. The number of imidazole rings is 1. The molecule has 0 unspecified atom stereocenters. The first-order valence-corrected chi connectivity index (χ1v) is 11.6. The monoisotopic (exact) mass is 571 g/mol. The first kappa shape index (κ1) is 23.5. The number of aromatic nitrogens is 2. The molecule has 4 aromatic rings. The van der Waals surface area contributed by atoms with E-state index < -0.39 is 4.92 Å². The second-order valence-corrected chi connectivity index (χ2v) is 8.49. The van der Waals surface area contributed by atoms with Gasteiger partial charge in [0.05, 0.1) is 32.3 Å². The van der Waals surface area contributed by atoms with Crippen molar-refractivity contribution in [2.45, 2.75) is 13.5 Å². The van der Waals surface area contributed by atoms with Crippen molar-refractivity contribution in [3.05, 3.63) is 85.5 Å². The van der Waals surface area contributed by atoms with Crippen LogP contribution in [0.3, 0.4) is 0 Å². The smallest absolute Gasteiger partial charge is 0.269 e. The maximum atomic E-state index is 10.8. The first-order valence-electron chi connectivity index (χ1n) is 10.5. The Balaban J connectivity index is 1.49. The van der Waals surface area contributed by atoms with Crippen molar-refractivity contribution in [2.24, 2.45) is 12.1 Å². The van der Waals surface area contributed by atoms with E-state index in [0.29, 0.717) is 24.1 Å². The van der Waals surface area contributed by atoms with Crippen LogP contribution >= 0.6 is 22.6 Å². The fourth-order valence-electron chi connectivity index (χ4n) is 3.34. The minimum Gasteiger partial charge on any atom is -0.490 e. The lowest BCUT2D eigenvalue weighted by atomic mass is 10.2. The Morgan fingerprint density at radius 3 is 2.65 bits per heavy atom. The van der Waals surface area contributed by atoms with Crippen LogP contribution in [0.25, 0.3) is 11.0 Å². The SMILES string of the molecule is CCOc1cc(/C=N\Nc2nc3ccccc3n2C)cc(I)c1OCc1ccc([N+](=O)[O-])cc1. The van der Waals surface area contributed by atoms with E-state index in [2.05, 4.69) is 38.1 Å². The molecule has 0 saturated heterocycles. The van der Waals surface area contributed by atoms with E-state index in [0.717, 1.165) is 25.7 Å². The second kappa shape index (κ2) is 10.5. The van der Waals surface area contributed by atoms with E-state index >= 15 is 0 Å². The van der Waals surface area contributed by atoms with Gasteiger partial charge in [-0.3, -0.25) is 10.1 Å². The third-order valence-corrected chi connectivity index (χ3v) is 5.83. The topological polar surface area (TPSA) is 104 Å². The summed E-state index contributed by atoms with van der Waals surface area (Å²) in [4.78, 5) is 15.0. The summed E-state index contributed by atoms with van der Waals surface area (Å²) in [6.07, 6.45) is 1.70. The van der Waals surface area contributed by atoms with Gasteiger partial charge < -0.3 is 14.0 Å². The van der Waals surface area contributed by atoms with Gasteiger partial charge in [0.1, 0.15) is 6.61 Å². The quantitative estimate of drug-likeness (QED) is 0.123. The molecule has 0 aliphatic carbocycles. The summed E-state index contributed by atoms with van der Waals surface area (Å²) in [6.45, 7) is 2.64. The molecule has 174 valence electrons. The van der Waals surface area contributed by atoms with Crippen LogP contribution in [0.15, 0.2) is 65.8 Å². The zero-order chi connectivity index (χ0) is 24.1. The number of hydrogen-bond acceptors (Lipinski definition) is 7. The highest BCUT2D eigenvalue weighted by molar-refractivity contribution is 14.1. The normalized spacial score (nSPS) is 11.1. The molecule has 1 N–H and O–H groups in total. The summed E-state index contributed by atoms with van der Waals surface area (Å²) in [5.41, 5.74) is 6.61. The Hall–Kier alpha value is -3.67. The Kier molecular flexibility index (Phi) is 7.26. The molecule has 0 spiro atoms. The number of nitro groups is 1. The molecule has 1 heterocycles. The zero-order valence-electron chi connectivity index (χ0n) is 18.6. The van der Waals surface area contributed by atoms with Crippen LogP contribution in [0.2, 0.25) is 0 Å². The number of fused-ring (bicyclic) bond motifs is 1. The molecular weight excluding hydrogens is 549 g/mol. The van der Waals surface area contributed by atoms with E-state index in [4.69, 9.17) is 9.47 Å². The zero-order valence-corrected chi connectivity index (χ0v) is 20.7. The molecule has 0 aliphatic heterocycles. The predicted octanol–water partition coefficient (Wildman–Crippen LogP) is 5.51. The second-order valence-electron chi connectivity index (χ2n) is 7.33. The average molecular weight is 571 g/mol. The molecule has 0 amide bonds. The fourth-order valence-corrected chi connectivity index (χ4v) is 4.13. The number of hydrogen-bond donors (Lipinski definition) is 1. The highest BCUT2D eigenvalue weighted by Crippen LogP contribution is 2.34. The molecule has 9 nitrogen and oxygen atoms in total. The molecule has 0 atom stereocenters. The van der Waals surface area contributed by atoms with Crippen molar-refractivity contribution < 1.29 is 14.4 Å².